The van der Waals surface area contributed by atoms with Crippen LogP contribution in [0.5, 0.6) is 0 Å². The molecule has 1 aromatic heterocycles. The first-order valence-corrected chi connectivity index (χ1v) is 11.3. The van der Waals surface area contributed by atoms with E-state index in [1.54, 1.807) is 0 Å². The molecule has 1 atom stereocenters. The van der Waals surface area contributed by atoms with E-state index in [2.05, 4.69) is 33.9 Å². The molecule has 0 aliphatic carbocycles. The van der Waals surface area contributed by atoms with Gasteiger partial charge in [0.25, 0.3) is 0 Å². The van der Waals surface area contributed by atoms with Crippen LogP contribution in [0.25, 0.3) is 0 Å². The van der Waals surface area contributed by atoms with E-state index in [0.717, 1.165) is 82.3 Å². The van der Waals surface area contributed by atoms with Crippen LogP contribution in [0.2, 0.25) is 0 Å². The van der Waals surface area contributed by atoms with E-state index in [0.29, 0.717) is 11.8 Å². The van der Waals surface area contributed by atoms with Gasteiger partial charge >= 0.3 is 0 Å². The van der Waals surface area contributed by atoms with Gasteiger partial charge in [-0.2, -0.15) is 0 Å². The summed E-state index contributed by atoms with van der Waals surface area (Å²) in [6.45, 7) is 16.9. The minimum Gasteiger partial charge on any atom is -0.444 e. The second kappa shape index (κ2) is 11.0. The first-order chi connectivity index (χ1) is 14.1. The number of aromatic nitrogens is 1. The predicted molar refractivity (Wildman–Crippen MR) is 116 cm³/mol. The van der Waals surface area contributed by atoms with Gasteiger partial charge in [-0.25, -0.2) is 4.98 Å². The van der Waals surface area contributed by atoms with Crippen LogP contribution in [0.4, 0.5) is 0 Å². The number of piperidine rings is 1. The molecule has 0 spiro atoms. The Morgan fingerprint density at radius 1 is 1.17 bits per heavy atom. The molecule has 29 heavy (non-hydrogen) atoms. The lowest BCUT2D eigenvalue weighted by Crippen LogP contribution is -2.41. The van der Waals surface area contributed by atoms with Gasteiger partial charge in [-0.3, -0.25) is 9.89 Å². The summed E-state index contributed by atoms with van der Waals surface area (Å²) in [7, 11) is 0. The Labute approximate surface area is 175 Å². The highest BCUT2D eigenvalue weighted by Crippen LogP contribution is 2.21. The monoisotopic (exact) mass is 405 g/mol. The largest absolute Gasteiger partial charge is 0.444 e. The predicted octanol–water partition coefficient (Wildman–Crippen LogP) is 2.83. The number of hydrogen-bond acceptors (Lipinski definition) is 5. The fraction of sp³-hybridized carbons (Fsp3) is 0.818. The molecule has 1 unspecified atom stereocenters. The molecule has 3 heterocycles. The molecule has 0 bridgehead atoms. The Bertz CT molecular complexity index is 632. The number of aliphatic imine (C=N–C) groups is 1. The fourth-order valence-corrected chi connectivity index (χ4v) is 4.21. The topological polar surface area (TPSA) is 66.1 Å². The minimum absolute atomic E-state index is 0.629. The number of aryl methyl sites for hydroxylation is 2. The highest BCUT2D eigenvalue weighted by molar-refractivity contribution is 5.80. The van der Waals surface area contributed by atoms with Gasteiger partial charge in [0.15, 0.2) is 5.96 Å². The van der Waals surface area contributed by atoms with Crippen molar-refractivity contribution >= 4 is 5.96 Å². The van der Waals surface area contributed by atoms with E-state index in [1.807, 2.05) is 13.8 Å². The number of oxazole rings is 1. The highest BCUT2D eigenvalue weighted by Gasteiger charge is 2.26. The van der Waals surface area contributed by atoms with Crippen molar-refractivity contribution in [1.82, 2.24) is 20.1 Å². The van der Waals surface area contributed by atoms with Gasteiger partial charge in [0, 0.05) is 38.7 Å². The number of ether oxygens (including phenoxy) is 1. The van der Waals surface area contributed by atoms with E-state index in [9.17, 15) is 0 Å². The SMILES string of the molecule is CCNC(=NCC1CCN(Cc2nc(C)c(C)o2)CC1)N1CCC(COCC)C1. The molecular formula is C22H39N5O2. The van der Waals surface area contributed by atoms with Crippen molar-refractivity contribution in [2.24, 2.45) is 16.8 Å². The molecule has 2 fully saturated rings. The molecule has 0 radical (unpaired) electrons. The van der Waals surface area contributed by atoms with Gasteiger partial charge in [-0.1, -0.05) is 0 Å². The number of guanidine groups is 1. The second-order valence-electron chi connectivity index (χ2n) is 8.42. The Hall–Kier alpha value is -1.60. The average Bonchev–Trinajstić information content (AvgIpc) is 3.31. The van der Waals surface area contributed by atoms with Crippen LogP contribution in [-0.2, 0) is 11.3 Å². The summed E-state index contributed by atoms with van der Waals surface area (Å²) in [5.74, 6) is 4.16. The van der Waals surface area contributed by atoms with E-state index in [4.69, 9.17) is 14.1 Å². The van der Waals surface area contributed by atoms with Crippen LogP contribution < -0.4 is 5.32 Å². The van der Waals surface area contributed by atoms with Crippen LogP contribution in [0.3, 0.4) is 0 Å². The molecule has 2 aliphatic rings. The third-order valence-electron chi connectivity index (χ3n) is 6.12. The van der Waals surface area contributed by atoms with Crippen molar-refractivity contribution in [3.63, 3.8) is 0 Å². The first-order valence-electron chi connectivity index (χ1n) is 11.3. The summed E-state index contributed by atoms with van der Waals surface area (Å²) in [5, 5.41) is 3.49. The molecule has 0 saturated carbocycles. The molecule has 7 nitrogen and oxygen atoms in total. The van der Waals surface area contributed by atoms with Gasteiger partial charge in [0.05, 0.1) is 18.8 Å². The van der Waals surface area contributed by atoms with E-state index >= 15 is 0 Å². The number of hydrogen-bond donors (Lipinski definition) is 1. The molecule has 2 saturated heterocycles. The summed E-state index contributed by atoms with van der Waals surface area (Å²) >= 11 is 0. The smallest absolute Gasteiger partial charge is 0.208 e. The first kappa shape index (κ1) is 22.1. The zero-order valence-electron chi connectivity index (χ0n) is 18.7. The van der Waals surface area contributed by atoms with Crippen molar-refractivity contribution in [2.75, 3.05) is 52.5 Å². The molecule has 0 aromatic carbocycles. The normalized spacial score (nSPS) is 21.9. The summed E-state index contributed by atoms with van der Waals surface area (Å²) in [4.78, 5) is 14.4. The molecule has 3 rings (SSSR count). The fourth-order valence-electron chi connectivity index (χ4n) is 4.21. The quantitative estimate of drug-likeness (QED) is 0.530. The van der Waals surface area contributed by atoms with E-state index in [-0.39, 0.29) is 0 Å². The number of rotatable bonds is 8. The molecule has 2 aliphatic heterocycles. The van der Waals surface area contributed by atoms with Gasteiger partial charge in [0.1, 0.15) is 5.76 Å². The number of nitrogens with one attached hydrogen (secondary N) is 1. The zero-order chi connectivity index (χ0) is 20.6. The third kappa shape index (κ3) is 6.44. The van der Waals surface area contributed by atoms with Crippen molar-refractivity contribution in [1.29, 1.82) is 0 Å². The third-order valence-corrected chi connectivity index (χ3v) is 6.12. The molecule has 7 heteroatoms. The Kier molecular flexibility index (Phi) is 8.36. The van der Waals surface area contributed by atoms with Crippen LogP contribution in [0, 0.1) is 25.7 Å². The highest BCUT2D eigenvalue weighted by atomic mass is 16.5. The van der Waals surface area contributed by atoms with Crippen LogP contribution >= 0.6 is 0 Å². The van der Waals surface area contributed by atoms with Crippen molar-refractivity contribution in [3.8, 4) is 0 Å². The zero-order valence-corrected chi connectivity index (χ0v) is 18.7. The van der Waals surface area contributed by atoms with E-state index < -0.39 is 0 Å². The average molecular weight is 406 g/mol. The van der Waals surface area contributed by atoms with Gasteiger partial charge in [0.2, 0.25) is 5.89 Å². The number of nitrogens with zero attached hydrogens (tertiary/aromatic N) is 4. The maximum Gasteiger partial charge on any atom is 0.208 e. The second-order valence-corrected chi connectivity index (χ2v) is 8.42. The van der Waals surface area contributed by atoms with Crippen molar-refractivity contribution in [2.45, 2.75) is 53.5 Å². The van der Waals surface area contributed by atoms with Crippen LogP contribution in [0.1, 0.15) is 50.5 Å². The van der Waals surface area contributed by atoms with Gasteiger partial charge in [-0.15, -0.1) is 0 Å². The Morgan fingerprint density at radius 3 is 2.59 bits per heavy atom. The maximum atomic E-state index is 5.74. The lowest BCUT2D eigenvalue weighted by molar-refractivity contribution is 0.114. The van der Waals surface area contributed by atoms with Crippen molar-refractivity contribution in [3.05, 3.63) is 17.3 Å². The molecule has 0 amide bonds. The van der Waals surface area contributed by atoms with Gasteiger partial charge < -0.3 is 19.4 Å². The van der Waals surface area contributed by atoms with E-state index in [1.165, 1.54) is 19.3 Å². The molecule has 1 aromatic rings. The van der Waals surface area contributed by atoms with Crippen molar-refractivity contribution < 1.29 is 9.15 Å². The molecule has 1 N–H and O–H groups in total. The lowest BCUT2D eigenvalue weighted by atomic mass is 9.97. The standard InChI is InChI=1S/C22H39N5O2/c1-5-23-22(27-12-9-20(14-27)16-28-6-2)24-13-19-7-10-26(11-8-19)15-21-25-17(3)18(4)29-21/h19-20H,5-16H2,1-4H3,(H,23,24). The Balaban J connectivity index is 1.44. The number of likely N-dealkylation sites (tertiary alicyclic amines) is 2. The van der Waals surface area contributed by atoms with Crippen LogP contribution in [-0.4, -0.2) is 73.2 Å². The summed E-state index contributed by atoms with van der Waals surface area (Å²) in [6, 6.07) is 0. The minimum atomic E-state index is 0.629. The summed E-state index contributed by atoms with van der Waals surface area (Å²) < 4.78 is 11.4. The van der Waals surface area contributed by atoms with Crippen LogP contribution in [0.15, 0.2) is 9.41 Å². The summed E-state index contributed by atoms with van der Waals surface area (Å²) in [6.07, 6.45) is 3.58. The Morgan fingerprint density at radius 2 is 1.93 bits per heavy atom. The summed E-state index contributed by atoms with van der Waals surface area (Å²) in [5.41, 5.74) is 1.01. The molecular weight excluding hydrogens is 366 g/mol. The lowest BCUT2D eigenvalue weighted by Gasteiger charge is -2.30. The van der Waals surface area contributed by atoms with Gasteiger partial charge in [-0.05, 0) is 66.0 Å². The maximum absolute atomic E-state index is 5.74. The molecule has 164 valence electrons.